The predicted octanol–water partition coefficient (Wildman–Crippen LogP) is 12.6. The molecule has 6 aromatic carbocycles. The summed E-state index contributed by atoms with van der Waals surface area (Å²) in [4.78, 5) is 9.26. The van der Waals surface area contributed by atoms with Gasteiger partial charge in [0.25, 0.3) is 0 Å². The largest absolute Gasteiger partial charge is 0.509 e. The molecule has 0 aliphatic carbocycles. The number of ether oxygens (including phenoxy) is 1. The normalized spacial score (nSPS) is 12.9. The summed E-state index contributed by atoms with van der Waals surface area (Å²) >= 11 is 0. The van der Waals surface area contributed by atoms with Crippen molar-refractivity contribution in [3.05, 3.63) is 187 Å². The van der Waals surface area contributed by atoms with Gasteiger partial charge in [0, 0.05) is 66.8 Å². The second-order valence-electron chi connectivity index (χ2n) is 15.5. The maximum Gasteiger partial charge on any atom is 0.135 e. The Hall–Kier alpha value is -5.64. The predicted molar refractivity (Wildman–Crippen MR) is 221 cm³/mol. The fourth-order valence-corrected chi connectivity index (χ4v) is 7.51. The molecule has 0 bridgehead atoms. The van der Waals surface area contributed by atoms with Gasteiger partial charge >= 0.3 is 0 Å². The van der Waals surface area contributed by atoms with Crippen molar-refractivity contribution in [3.8, 4) is 17.3 Å². The first-order valence-electron chi connectivity index (χ1n) is 18.5. The van der Waals surface area contributed by atoms with Crippen molar-refractivity contribution < 1.29 is 25.8 Å². The molecule has 9 rings (SSSR count). The molecule has 276 valence electrons. The number of hydrogen-bond acceptors (Lipinski definition) is 4. The smallest absolute Gasteiger partial charge is 0.135 e. The summed E-state index contributed by atoms with van der Waals surface area (Å²) in [5.74, 6) is 2.07. The van der Waals surface area contributed by atoms with Gasteiger partial charge in [0.2, 0.25) is 0 Å². The number of benzene rings is 6. The average Bonchev–Trinajstić information content (AvgIpc) is 3.74. The Morgan fingerprint density at radius 1 is 0.582 bits per heavy atom. The molecule has 2 aromatic heterocycles. The molecule has 0 saturated carbocycles. The zero-order chi connectivity index (χ0) is 37.0. The molecule has 0 atom stereocenters. The summed E-state index contributed by atoms with van der Waals surface area (Å²) in [5.41, 5.74) is 9.73. The number of nitrogens with zero attached hydrogens (tertiary/aromatic N) is 4. The van der Waals surface area contributed by atoms with E-state index >= 15 is 0 Å². The quantitative estimate of drug-likeness (QED) is 0.149. The number of pyridine rings is 1. The third kappa shape index (κ3) is 6.61. The molecule has 0 unspecified atom stereocenters. The molecule has 1 aliphatic rings. The minimum Gasteiger partial charge on any atom is -0.509 e. The van der Waals surface area contributed by atoms with Gasteiger partial charge in [-0.1, -0.05) is 113 Å². The van der Waals surface area contributed by atoms with E-state index in [1.54, 1.807) is 0 Å². The summed E-state index contributed by atoms with van der Waals surface area (Å²) in [5, 5.41) is 2.24. The first-order valence-corrected chi connectivity index (χ1v) is 18.5. The number of hydrogen-bond donors (Lipinski definition) is 0. The van der Waals surface area contributed by atoms with Crippen LogP contribution < -0.4 is 14.5 Å². The second kappa shape index (κ2) is 14.2. The van der Waals surface area contributed by atoms with Crippen LogP contribution in [-0.4, -0.2) is 9.55 Å². The maximum absolute atomic E-state index is 6.55. The Morgan fingerprint density at radius 2 is 1.27 bits per heavy atom. The molecular weight excluding hydrogens is 856 g/mol. The molecule has 5 nitrogen and oxygen atoms in total. The van der Waals surface area contributed by atoms with Crippen LogP contribution in [0.4, 0.5) is 22.7 Å². The van der Waals surface area contributed by atoms with Crippen LogP contribution in [0.5, 0.6) is 11.5 Å². The molecule has 6 heteroatoms. The molecule has 0 saturated heterocycles. The summed E-state index contributed by atoms with van der Waals surface area (Å²) < 4.78 is 8.74. The third-order valence-corrected chi connectivity index (χ3v) is 10.6. The molecule has 55 heavy (non-hydrogen) atoms. The van der Waals surface area contributed by atoms with E-state index in [0.29, 0.717) is 11.5 Å². The van der Waals surface area contributed by atoms with Crippen LogP contribution in [0.3, 0.4) is 0 Å². The van der Waals surface area contributed by atoms with Crippen molar-refractivity contribution in [2.75, 3.05) is 9.80 Å². The van der Waals surface area contributed by atoms with E-state index in [9.17, 15) is 0 Å². The first kappa shape index (κ1) is 36.3. The second-order valence-corrected chi connectivity index (χ2v) is 15.5. The number of aromatic nitrogens is 2. The molecule has 1 aliphatic heterocycles. The van der Waals surface area contributed by atoms with Crippen molar-refractivity contribution in [1.82, 2.24) is 9.55 Å². The van der Waals surface area contributed by atoms with Gasteiger partial charge in [-0.15, -0.1) is 48.1 Å². The minimum absolute atomic E-state index is 0. The van der Waals surface area contributed by atoms with Crippen LogP contribution in [0.2, 0.25) is 0 Å². The molecule has 0 amide bonds. The van der Waals surface area contributed by atoms with E-state index in [1.165, 1.54) is 16.7 Å². The van der Waals surface area contributed by atoms with Gasteiger partial charge in [0.1, 0.15) is 5.82 Å². The van der Waals surface area contributed by atoms with E-state index in [1.807, 2.05) is 24.4 Å². The van der Waals surface area contributed by atoms with Crippen LogP contribution in [0, 0.1) is 18.8 Å². The molecule has 0 radical (unpaired) electrons. The van der Waals surface area contributed by atoms with E-state index in [2.05, 4.69) is 195 Å². The topological polar surface area (TPSA) is 33.5 Å². The van der Waals surface area contributed by atoms with E-state index in [0.717, 1.165) is 50.4 Å². The van der Waals surface area contributed by atoms with Gasteiger partial charge in [-0.3, -0.25) is 0 Å². The monoisotopic (exact) mass is 896 g/mol. The fourth-order valence-electron chi connectivity index (χ4n) is 7.51. The van der Waals surface area contributed by atoms with E-state index < -0.39 is 0 Å². The van der Waals surface area contributed by atoms with Gasteiger partial charge in [0.15, 0.2) is 0 Å². The van der Waals surface area contributed by atoms with Crippen molar-refractivity contribution in [1.29, 1.82) is 0 Å². The van der Waals surface area contributed by atoms with Crippen molar-refractivity contribution in [2.24, 2.45) is 0 Å². The summed E-state index contributed by atoms with van der Waals surface area (Å²) in [7, 11) is 0. The zero-order valence-corrected chi connectivity index (χ0v) is 33.8. The molecule has 8 aromatic rings. The fraction of sp³-hybridized carbons (Fsp3) is 0.143. The molecule has 0 N–H and O–H groups in total. The van der Waals surface area contributed by atoms with Crippen LogP contribution in [-0.2, 0) is 31.9 Å². The Balaban J connectivity index is 0.00000427. The minimum atomic E-state index is -0.156. The van der Waals surface area contributed by atoms with E-state index in [4.69, 9.17) is 9.72 Å². The van der Waals surface area contributed by atoms with Gasteiger partial charge in [0.05, 0.1) is 0 Å². The summed E-state index contributed by atoms with van der Waals surface area (Å²) in [6.07, 6.45) is 1.90. The number of anilines is 4. The molecule has 0 spiro atoms. The average molecular weight is 897 g/mol. The first-order chi connectivity index (χ1) is 26.1. The Bertz CT molecular complexity index is 2660. The Kier molecular flexibility index (Phi) is 9.39. The molecule has 3 heterocycles. The maximum atomic E-state index is 6.55. The number of para-hydroxylation sites is 3. The summed E-state index contributed by atoms with van der Waals surface area (Å²) in [6.45, 7) is 13.4. The van der Waals surface area contributed by atoms with Crippen LogP contribution in [0.15, 0.2) is 152 Å². The third-order valence-electron chi connectivity index (χ3n) is 10.6. The van der Waals surface area contributed by atoms with Crippen LogP contribution in [0.25, 0.3) is 27.6 Å². The molecule has 0 fully saturated rings. The molecular formula is C49H41N4OPt-3. The van der Waals surface area contributed by atoms with Crippen LogP contribution in [0.1, 0.15) is 51.3 Å². The van der Waals surface area contributed by atoms with Gasteiger partial charge in [-0.25, -0.2) is 4.98 Å². The van der Waals surface area contributed by atoms with Gasteiger partial charge in [-0.05, 0) is 70.0 Å². The zero-order valence-electron chi connectivity index (χ0n) is 31.5. The number of fused-ring (bicyclic) bond motifs is 4. The Labute approximate surface area is 338 Å². The van der Waals surface area contributed by atoms with Crippen molar-refractivity contribution >= 4 is 44.6 Å². The van der Waals surface area contributed by atoms with Gasteiger partial charge < -0.3 is 19.1 Å². The van der Waals surface area contributed by atoms with E-state index in [-0.39, 0.29) is 31.9 Å². The van der Waals surface area contributed by atoms with Gasteiger partial charge in [-0.2, -0.15) is 12.1 Å². The SMILES string of the molecule is CC(C)(C)c1ccnc(-n2c3[c-]c(Oc4[c-]c(N5[CH-]N(c6cccc(C(C)(C)c7ccccc7)c6)c6ccccc65)ccc4)ccc3c3ccccc32)c1.[Pt]. The summed E-state index contributed by atoms with van der Waals surface area (Å²) in [6, 6.07) is 58.0. The van der Waals surface area contributed by atoms with Crippen molar-refractivity contribution in [3.63, 3.8) is 0 Å². The van der Waals surface area contributed by atoms with Crippen molar-refractivity contribution in [2.45, 2.75) is 45.4 Å². The number of rotatable bonds is 7. The Morgan fingerprint density at radius 3 is 2.07 bits per heavy atom. The standard InChI is InChI=1S/C49H41N4O.Pt/c1-48(2,3)35-27-28-50-47(30-35)53-43-22-10-9-21-41(43)42-26-25-40(32-46(42)53)54-39-20-14-19-38(31-39)52-33-51(44-23-11-12-24-45(44)52)37-18-13-17-36(29-37)49(4,5)34-15-7-6-8-16-34;/h6-30,33H,1-5H3;/q-3;. The van der Waals surface area contributed by atoms with Crippen LogP contribution >= 0.6 is 0 Å².